The molecule has 1 rings (SSSR count). The maximum absolute atomic E-state index is 13.4. The molecule has 0 N–H and O–H groups in total. The van der Waals surface area contributed by atoms with Gasteiger partial charge in [-0.3, -0.25) is 4.79 Å². The monoisotopic (exact) mass is 254 g/mol. The lowest BCUT2D eigenvalue weighted by Crippen LogP contribution is -2.21. The van der Waals surface area contributed by atoms with Crippen molar-refractivity contribution in [2.24, 2.45) is 0 Å². The number of rotatable bonds is 7. The van der Waals surface area contributed by atoms with E-state index in [1.54, 1.807) is 19.1 Å². The third kappa shape index (κ3) is 4.20. The van der Waals surface area contributed by atoms with Crippen molar-refractivity contribution in [3.63, 3.8) is 0 Å². The molecule has 0 heterocycles. The van der Waals surface area contributed by atoms with Gasteiger partial charge < -0.3 is 9.47 Å². The van der Waals surface area contributed by atoms with Crippen LogP contribution in [0.5, 0.6) is 0 Å². The van der Waals surface area contributed by atoms with E-state index in [2.05, 4.69) is 0 Å². The summed E-state index contributed by atoms with van der Waals surface area (Å²) in [5, 5.41) is 0. The fourth-order valence-corrected chi connectivity index (χ4v) is 1.57. The first kappa shape index (κ1) is 14.8. The average Bonchev–Trinajstić information content (AvgIpc) is 2.33. The molecule has 0 atom stereocenters. The van der Waals surface area contributed by atoms with Crippen molar-refractivity contribution in [1.29, 1.82) is 0 Å². The van der Waals surface area contributed by atoms with Gasteiger partial charge in [0.2, 0.25) is 0 Å². The van der Waals surface area contributed by atoms with E-state index in [0.717, 1.165) is 0 Å². The van der Waals surface area contributed by atoms with E-state index in [0.29, 0.717) is 24.3 Å². The van der Waals surface area contributed by atoms with Crippen molar-refractivity contribution in [1.82, 2.24) is 0 Å². The minimum absolute atomic E-state index is 0.101. The smallest absolute Gasteiger partial charge is 0.168 e. The Morgan fingerprint density at radius 2 is 1.89 bits per heavy atom. The van der Waals surface area contributed by atoms with Crippen LogP contribution in [0.25, 0.3) is 0 Å². The topological polar surface area (TPSA) is 35.5 Å². The summed E-state index contributed by atoms with van der Waals surface area (Å²) >= 11 is 0. The molecule has 18 heavy (non-hydrogen) atoms. The van der Waals surface area contributed by atoms with E-state index in [-0.39, 0.29) is 18.0 Å². The molecule has 0 bridgehead atoms. The third-order valence-corrected chi connectivity index (χ3v) is 2.55. The fourth-order valence-electron chi connectivity index (χ4n) is 1.57. The summed E-state index contributed by atoms with van der Waals surface area (Å²) < 4.78 is 23.9. The molecule has 0 saturated heterocycles. The van der Waals surface area contributed by atoms with Crippen molar-refractivity contribution < 1.29 is 18.7 Å². The summed E-state index contributed by atoms with van der Waals surface area (Å²) in [4.78, 5) is 11.9. The number of halogens is 1. The first-order valence-corrected chi connectivity index (χ1v) is 6.11. The summed E-state index contributed by atoms with van der Waals surface area (Å²) in [6.45, 7) is 6.28. The highest BCUT2D eigenvalue weighted by Gasteiger charge is 2.16. The number of carbonyl (C=O) groups is 1. The van der Waals surface area contributed by atoms with Crippen LogP contribution in [0, 0.1) is 12.7 Å². The van der Waals surface area contributed by atoms with Gasteiger partial charge in [0, 0.05) is 18.8 Å². The van der Waals surface area contributed by atoms with Gasteiger partial charge in [0.1, 0.15) is 5.82 Å². The maximum atomic E-state index is 13.4. The number of hydrogen-bond donors (Lipinski definition) is 0. The van der Waals surface area contributed by atoms with E-state index in [9.17, 15) is 9.18 Å². The Balaban J connectivity index is 2.70. The largest absolute Gasteiger partial charge is 0.352 e. The minimum atomic E-state index is -0.558. The Morgan fingerprint density at radius 3 is 2.39 bits per heavy atom. The van der Waals surface area contributed by atoms with Crippen LogP contribution in [0.3, 0.4) is 0 Å². The van der Waals surface area contributed by atoms with Crippen LogP contribution in [0.15, 0.2) is 18.2 Å². The molecule has 3 nitrogen and oxygen atoms in total. The van der Waals surface area contributed by atoms with Gasteiger partial charge in [-0.05, 0) is 32.4 Å². The molecule has 0 aliphatic carbocycles. The summed E-state index contributed by atoms with van der Waals surface area (Å²) in [6.07, 6.45) is -0.457. The van der Waals surface area contributed by atoms with E-state index < -0.39 is 6.29 Å². The molecule has 0 spiro atoms. The molecule has 0 saturated carbocycles. The number of carbonyl (C=O) groups excluding carboxylic acids is 1. The van der Waals surface area contributed by atoms with E-state index in [1.807, 2.05) is 13.8 Å². The zero-order valence-electron chi connectivity index (χ0n) is 11.0. The van der Waals surface area contributed by atoms with E-state index in [4.69, 9.17) is 9.47 Å². The van der Waals surface area contributed by atoms with Crippen LogP contribution < -0.4 is 0 Å². The molecule has 4 heteroatoms. The second kappa shape index (κ2) is 7.24. The van der Waals surface area contributed by atoms with Crippen molar-refractivity contribution in [2.75, 3.05) is 13.2 Å². The van der Waals surface area contributed by atoms with Gasteiger partial charge in [-0.15, -0.1) is 0 Å². The number of hydrogen-bond acceptors (Lipinski definition) is 3. The van der Waals surface area contributed by atoms with Gasteiger partial charge in [0.05, 0.1) is 6.42 Å². The second-order valence-corrected chi connectivity index (χ2v) is 3.93. The predicted octanol–water partition coefficient (Wildman–Crippen LogP) is 3.11. The van der Waals surface area contributed by atoms with Gasteiger partial charge in [-0.1, -0.05) is 12.1 Å². The van der Waals surface area contributed by atoms with E-state index in [1.165, 1.54) is 6.07 Å². The number of ketones is 1. The summed E-state index contributed by atoms with van der Waals surface area (Å²) in [5.74, 6) is -0.550. The molecule has 1 aromatic rings. The third-order valence-electron chi connectivity index (χ3n) is 2.55. The Bertz CT molecular complexity index is 398. The highest BCUT2D eigenvalue weighted by atomic mass is 19.1. The molecule has 100 valence electrons. The zero-order valence-corrected chi connectivity index (χ0v) is 11.0. The first-order valence-electron chi connectivity index (χ1n) is 6.11. The predicted molar refractivity (Wildman–Crippen MR) is 67.1 cm³/mol. The van der Waals surface area contributed by atoms with Gasteiger partial charge in [-0.2, -0.15) is 0 Å². The first-order chi connectivity index (χ1) is 8.58. The molecule has 0 aromatic heterocycles. The van der Waals surface area contributed by atoms with Crippen molar-refractivity contribution in [2.45, 2.75) is 33.5 Å². The van der Waals surface area contributed by atoms with Crippen LogP contribution in [0.2, 0.25) is 0 Å². The van der Waals surface area contributed by atoms with Crippen molar-refractivity contribution in [3.05, 3.63) is 35.1 Å². The lowest BCUT2D eigenvalue weighted by atomic mass is 10.1. The number of Topliss-reactive ketones (excluding diaryl/α,β-unsaturated/α-hetero) is 1. The Labute approximate surface area is 107 Å². The molecule has 0 radical (unpaired) electrons. The molecule has 0 amide bonds. The maximum Gasteiger partial charge on any atom is 0.168 e. The van der Waals surface area contributed by atoms with Crippen molar-refractivity contribution in [3.8, 4) is 0 Å². The normalized spacial score (nSPS) is 10.9. The lowest BCUT2D eigenvalue weighted by molar-refractivity contribution is -0.133. The van der Waals surface area contributed by atoms with Gasteiger partial charge in [0.15, 0.2) is 12.1 Å². The Hall–Kier alpha value is -1.26. The number of ether oxygens (including phenoxy) is 2. The quantitative estimate of drug-likeness (QED) is 0.554. The highest BCUT2D eigenvalue weighted by Crippen LogP contribution is 2.13. The van der Waals surface area contributed by atoms with Gasteiger partial charge in [-0.25, -0.2) is 4.39 Å². The van der Waals surface area contributed by atoms with Gasteiger partial charge in [0.25, 0.3) is 0 Å². The highest BCUT2D eigenvalue weighted by molar-refractivity contribution is 5.96. The molecule has 0 aliphatic heterocycles. The molecule has 0 unspecified atom stereocenters. The Kier molecular flexibility index (Phi) is 5.95. The molecule has 0 fully saturated rings. The summed E-state index contributed by atoms with van der Waals surface area (Å²) in [7, 11) is 0. The summed E-state index contributed by atoms with van der Waals surface area (Å²) in [6, 6.07) is 4.47. The summed E-state index contributed by atoms with van der Waals surface area (Å²) in [5.41, 5.74) is 0.875. The number of aryl methyl sites for hydroxylation is 1. The zero-order chi connectivity index (χ0) is 13.5. The Morgan fingerprint density at radius 1 is 1.28 bits per heavy atom. The fraction of sp³-hybridized carbons (Fsp3) is 0.500. The molecule has 0 aliphatic rings. The standard InChI is InChI=1S/C14H19FO3/c1-4-17-14(18-5-2)9-13(16)11-7-6-10(3)12(15)8-11/h6-8,14H,4-5,9H2,1-3H3. The van der Waals surface area contributed by atoms with Gasteiger partial charge >= 0.3 is 0 Å². The van der Waals surface area contributed by atoms with Crippen LogP contribution in [-0.2, 0) is 9.47 Å². The second-order valence-electron chi connectivity index (χ2n) is 3.93. The molecule has 1 aromatic carbocycles. The minimum Gasteiger partial charge on any atom is -0.352 e. The lowest BCUT2D eigenvalue weighted by Gasteiger charge is -2.16. The van der Waals surface area contributed by atoms with Crippen LogP contribution in [0.1, 0.15) is 36.2 Å². The SMILES string of the molecule is CCOC(CC(=O)c1ccc(C)c(F)c1)OCC. The van der Waals surface area contributed by atoms with Crippen LogP contribution >= 0.6 is 0 Å². The van der Waals surface area contributed by atoms with Crippen LogP contribution in [-0.4, -0.2) is 25.3 Å². The molecular formula is C14H19FO3. The van der Waals surface area contributed by atoms with Crippen molar-refractivity contribution >= 4 is 5.78 Å². The number of benzene rings is 1. The van der Waals surface area contributed by atoms with Crippen LogP contribution in [0.4, 0.5) is 4.39 Å². The van der Waals surface area contributed by atoms with E-state index >= 15 is 0 Å². The molecular weight excluding hydrogens is 235 g/mol. The average molecular weight is 254 g/mol.